The molecule has 2 N–H and O–H groups in total. The summed E-state index contributed by atoms with van der Waals surface area (Å²) in [5, 5.41) is 11.8. The standard InChI is InChI=1S/C16H23NO4/c1-16(2,3)14(15(19)20)17-13(18)10-7-11-5-8-12(21-4)9-6-11/h5-6,8-9,14H,7,10H2,1-4H3,(H,17,18)(H,19,20). The van der Waals surface area contributed by atoms with Gasteiger partial charge in [0, 0.05) is 6.42 Å². The van der Waals surface area contributed by atoms with Crippen LogP contribution in [-0.2, 0) is 16.0 Å². The zero-order valence-electron chi connectivity index (χ0n) is 13.0. The molecule has 0 aliphatic carbocycles. The summed E-state index contributed by atoms with van der Waals surface area (Å²) in [6.45, 7) is 5.36. The van der Waals surface area contributed by atoms with Gasteiger partial charge in [0.2, 0.25) is 5.91 Å². The Labute approximate surface area is 125 Å². The van der Waals surface area contributed by atoms with E-state index >= 15 is 0 Å². The van der Waals surface area contributed by atoms with E-state index in [0.717, 1.165) is 11.3 Å². The van der Waals surface area contributed by atoms with Crippen LogP contribution in [0.2, 0.25) is 0 Å². The number of carboxylic acid groups (broad SMARTS) is 1. The first-order chi connectivity index (χ1) is 9.74. The molecule has 21 heavy (non-hydrogen) atoms. The van der Waals surface area contributed by atoms with Crippen LogP contribution in [0.25, 0.3) is 0 Å². The van der Waals surface area contributed by atoms with Crippen LogP contribution in [0.1, 0.15) is 32.8 Å². The van der Waals surface area contributed by atoms with E-state index in [-0.39, 0.29) is 12.3 Å². The molecule has 1 aromatic rings. The van der Waals surface area contributed by atoms with E-state index in [1.54, 1.807) is 27.9 Å². The number of carbonyl (C=O) groups excluding carboxylic acids is 1. The van der Waals surface area contributed by atoms with Gasteiger partial charge in [-0.05, 0) is 29.5 Å². The van der Waals surface area contributed by atoms with Crippen LogP contribution in [0.3, 0.4) is 0 Å². The van der Waals surface area contributed by atoms with Crippen LogP contribution in [0.15, 0.2) is 24.3 Å². The Balaban J connectivity index is 2.54. The Hall–Kier alpha value is -2.04. The smallest absolute Gasteiger partial charge is 0.326 e. The minimum absolute atomic E-state index is 0.256. The number of hydrogen-bond acceptors (Lipinski definition) is 3. The zero-order chi connectivity index (χ0) is 16.0. The zero-order valence-corrected chi connectivity index (χ0v) is 13.0. The summed E-state index contributed by atoms with van der Waals surface area (Å²) in [5.74, 6) is -0.504. The third-order valence-electron chi connectivity index (χ3n) is 3.22. The van der Waals surface area contributed by atoms with E-state index in [2.05, 4.69) is 5.32 Å². The average Bonchev–Trinajstić information content (AvgIpc) is 2.41. The highest BCUT2D eigenvalue weighted by molar-refractivity contribution is 5.84. The first kappa shape index (κ1) is 17.0. The number of aryl methyl sites for hydroxylation is 1. The minimum Gasteiger partial charge on any atom is -0.497 e. The van der Waals surface area contributed by atoms with Crippen molar-refractivity contribution in [3.63, 3.8) is 0 Å². The molecule has 0 radical (unpaired) electrons. The number of rotatable bonds is 6. The molecule has 1 amide bonds. The number of ether oxygens (including phenoxy) is 1. The van der Waals surface area contributed by atoms with Crippen LogP contribution >= 0.6 is 0 Å². The lowest BCUT2D eigenvalue weighted by Crippen LogP contribution is -2.49. The maximum atomic E-state index is 11.9. The van der Waals surface area contributed by atoms with Crippen molar-refractivity contribution in [2.45, 2.75) is 39.7 Å². The summed E-state index contributed by atoms with van der Waals surface area (Å²) in [5.41, 5.74) is 0.482. The van der Waals surface area contributed by atoms with E-state index < -0.39 is 17.4 Å². The Morgan fingerprint density at radius 3 is 2.24 bits per heavy atom. The van der Waals surface area contributed by atoms with Gasteiger partial charge in [-0.15, -0.1) is 0 Å². The van der Waals surface area contributed by atoms with Crippen molar-refractivity contribution >= 4 is 11.9 Å². The predicted octanol–water partition coefficient (Wildman–Crippen LogP) is 2.24. The Morgan fingerprint density at radius 2 is 1.81 bits per heavy atom. The molecule has 0 fully saturated rings. The van der Waals surface area contributed by atoms with Crippen molar-refractivity contribution in [1.29, 1.82) is 0 Å². The average molecular weight is 293 g/mol. The van der Waals surface area contributed by atoms with Crippen LogP contribution in [0, 0.1) is 5.41 Å². The Morgan fingerprint density at radius 1 is 1.24 bits per heavy atom. The number of carbonyl (C=O) groups is 2. The summed E-state index contributed by atoms with van der Waals surface area (Å²) in [7, 11) is 1.60. The number of nitrogens with one attached hydrogen (secondary N) is 1. The molecule has 1 atom stereocenters. The third kappa shape index (κ3) is 5.45. The second-order valence-electron chi connectivity index (χ2n) is 6.05. The molecule has 1 rings (SSSR count). The molecule has 0 heterocycles. The predicted molar refractivity (Wildman–Crippen MR) is 80.3 cm³/mol. The van der Waals surface area contributed by atoms with E-state index in [1.807, 2.05) is 24.3 Å². The van der Waals surface area contributed by atoms with Crippen molar-refractivity contribution in [3.8, 4) is 5.75 Å². The van der Waals surface area contributed by atoms with Gasteiger partial charge < -0.3 is 15.2 Å². The fourth-order valence-electron chi connectivity index (χ4n) is 1.93. The Bertz CT molecular complexity index is 488. The van der Waals surface area contributed by atoms with Crippen molar-refractivity contribution in [2.75, 3.05) is 7.11 Å². The van der Waals surface area contributed by atoms with Gasteiger partial charge in [0.1, 0.15) is 11.8 Å². The quantitative estimate of drug-likeness (QED) is 0.843. The lowest BCUT2D eigenvalue weighted by Gasteiger charge is -2.27. The summed E-state index contributed by atoms with van der Waals surface area (Å²) < 4.78 is 5.07. The van der Waals surface area contributed by atoms with Gasteiger partial charge in [-0.25, -0.2) is 4.79 Å². The van der Waals surface area contributed by atoms with E-state index in [1.165, 1.54) is 0 Å². The van der Waals surface area contributed by atoms with Crippen molar-refractivity contribution in [3.05, 3.63) is 29.8 Å². The number of amides is 1. The van der Waals surface area contributed by atoms with Crippen molar-refractivity contribution in [2.24, 2.45) is 5.41 Å². The molecule has 1 unspecified atom stereocenters. The van der Waals surface area contributed by atoms with Gasteiger partial charge in [0.15, 0.2) is 0 Å². The molecule has 116 valence electrons. The Kier molecular flexibility index (Phi) is 5.76. The van der Waals surface area contributed by atoms with Gasteiger partial charge in [0.25, 0.3) is 0 Å². The van der Waals surface area contributed by atoms with E-state index in [9.17, 15) is 14.7 Å². The second kappa shape index (κ2) is 7.11. The summed E-state index contributed by atoms with van der Waals surface area (Å²) >= 11 is 0. The second-order valence-corrected chi connectivity index (χ2v) is 6.05. The molecular formula is C16H23NO4. The fourth-order valence-corrected chi connectivity index (χ4v) is 1.93. The molecule has 0 aliphatic heterocycles. The highest BCUT2D eigenvalue weighted by Gasteiger charge is 2.32. The van der Waals surface area contributed by atoms with Crippen molar-refractivity contribution < 1.29 is 19.4 Å². The van der Waals surface area contributed by atoms with Gasteiger partial charge in [0.05, 0.1) is 7.11 Å². The number of hydrogen-bond donors (Lipinski definition) is 2. The molecule has 0 spiro atoms. The van der Waals surface area contributed by atoms with Gasteiger partial charge in [-0.2, -0.15) is 0 Å². The third-order valence-corrected chi connectivity index (χ3v) is 3.22. The molecule has 0 aromatic heterocycles. The topological polar surface area (TPSA) is 75.6 Å². The first-order valence-corrected chi connectivity index (χ1v) is 6.89. The fraction of sp³-hybridized carbons (Fsp3) is 0.500. The van der Waals surface area contributed by atoms with E-state index in [0.29, 0.717) is 6.42 Å². The van der Waals surface area contributed by atoms with Crippen LogP contribution in [-0.4, -0.2) is 30.1 Å². The lowest BCUT2D eigenvalue weighted by atomic mass is 9.86. The summed E-state index contributed by atoms with van der Waals surface area (Å²) in [6, 6.07) is 6.57. The monoisotopic (exact) mass is 293 g/mol. The van der Waals surface area contributed by atoms with E-state index in [4.69, 9.17) is 4.74 Å². The molecule has 0 saturated heterocycles. The molecule has 5 heteroatoms. The molecule has 0 saturated carbocycles. The van der Waals surface area contributed by atoms with Crippen LogP contribution < -0.4 is 10.1 Å². The number of methoxy groups -OCH3 is 1. The number of benzene rings is 1. The first-order valence-electron chi connectivity index (χ1n) is 6.89. The highest BCUT2D eigenvalue weighted by Crippen LogP contribution is 2.19. The summed E-state index contributed by atoms with van der Waals surface area (Å²) in [6.07, 6.45) is 0.818. The van der Waals surface area contributed by atoms with Gasteiger partial charge in [-0.1, -0.05) is 32.9 Å². The molecule has 5 nitrogen and oxygen atoms in total. The maximum Gasteiger partial charge on any atom is 0.326 e. The van der Waals surface area contributed by atoms with Gasteiger partial charge >= 0.3 is 5.97 Å². The molecule has 0 aliphatic rings. The van der Waals surface area contributed by atoms with Crippen LogP contribution in [0.4, 0.5) is 0 Å². The summed E-state index contributed by atoms with van der Waals surface area (Å²) in [4.78, 5) is 23.1. The maximum absolute atomic E-state index is 11.9. The highest BCUT2D eigenvalue weighted by atomic mass is 16.5. The normalized spacial score (nSPS) is 12.6. The SMILES string of the molecule is COc1ccc(CCC(=O)NC(C(=O)O)C(C)(C)C)cc1. The molecular weight excluding hydrogens is 270 g/mol. The van der Waals surface area contributed by atoms with Gasteiger partial charge in [-0.3, -0.25) is 4.79 Å². The number of carboxylic acids is 1. The largest absolute Gasteiger partial charge is 0.497 e. The molecule has 1 aromatic carbocycles. The lowest BCUT2D eigenvalue weighted by molar-refractivity contribution is -0.144. The van der Waals surface area contributed by atoms with Crippen molar-refractivity contribution in [1.82, 2.24) is 5.32 Å². The van der Waals surface area contributed by atoms with Crippen LogP contribution in [0.5, 0.6) is 5.75 Å². The molecule has 0 bridgehead atoms. The minimum atomic E-state index is -1.01. The number of aliphatic carboxylic acids is 1.